The molecule has 1 aliphatic heterocycles. The van der Waals surface area contributed by atoms with Gasteiger partial charge >= 0.3 is 0 Å². The predicted molar refractivity (Wildman–Crippen MR) is 110 cm³/mol. The van der Waals surface area contributed by atoms with Gasteiger partial charge in [0.15, 0.2) is 0 Å². The van der Waals surface area contributed by atoms with E-state index < -0.39 is 15.3 Å². The van der Waals surface area contributed by atoms with Crippen molar-refractivity contribution in [1.29, 1.82) is 0 Å². The molecule has 5 atom stereocenters. The summed E-state index contributed by atoms with van der Waals surface area (Å²) in [6.07, 6.45) is 5.52. The van der Waals surface area contributed by atoms with Crippen LogP contribution in [0.1, 0.15) is 66.7 Å². The number of piperidine rings is 1. The molecule has 0 aromatic rings. The average molecular weight is 402 g/mol. The van der Waals surface area contributed by atoms with Crippen molar-refractivity contribution in [1.82, 2.24) is 14.9 Å². The molecule has 0 radical (unpaired) electrons. The third-order valence-electron chi connectivity index (χ3n) is 6.71. The molecule has 1 aliphatic carbocycles. The van der Waals surface area contributed by atoms with Gasteiger partial charge in [0, 0.05) is 19.1 Å². The van der Waals surface area contributed by atoms with E-state index in [0.717, 1.165) is 32.4 Å². The van der Waals surface area contributed by atoms with Crippen molar-refractivity contribution < 1.29 is 13.2 Å². The normalized spacial score (nSPS) is 31.6. The van der Waals surface area contributed by atoms with Crippen LogP contribution in [0, 0.1) is 17.8 Å². The molecule has 158 valence electrons. The zero-order valence-corrected chi connectivity index (χ0v) is 18.5. The minimum Gasteiger partial charge on any atom is -0.352 e. The molecule has 0 bridgehead atoms. The van der Waals surface area contributed by atoms with E-state index in [0.29, 0.717) is 18.4 Å². The van der Waals surface area contributed by atoms with Crippen molar-refractivity contribution >= 4 is 15.9 Å². The Morgan fingerprint density at radius 1 is 1.11 bits per heavy atom. The van der Waals surface area contributed by atoms with E-state index in [-0.39, 0.29) is 23.9 Å². The van der Waals surface area contributed by atoms with Crippen LogP contribution in [0.2, 0.25) is 0 Å². The Kier molecular flexibility index (Phi) is 8.13. The summed E-state index contributed by atoms with van der Waals surface area (Å²) < 4.78 is 26.7. The van der Waals surface area contributed by atoms with Crippen LogP contribution >= 0.6 is 0 Å². The first-order valence-corrected chi connectivity index (χ1v) is 12.2. The lowest BCUT2D eigenvalue weighted by Gasteiger charge is -2.39. The standard InChI is InChI=1S/C20H39N3O3S/c1-14(2)27(25,26)21-12-18-9-7-11-23(13-18)17(5)20(24)22-19-10-6-8-15(3)16(19)4/h14-19,21H,6-13H2,1-5H3,(H,22,24). The first-order chi connectivity index (χ1) is 12.6. The van der Waals surface area contributed by atoms with Crippen LogP contribution in [0.3, 0.4) is 0 Å². The van der Waals surface area contributed by atoms with Gasteiger partial charge in [0.2, 0.25) is 15.9 Å². The van der Waals surface area contributed by atoms with Crippen molar-refractivity contribution in [2.75, 3.05) is 19.6 Å². The van der Waals surface area contributed by atoms with Gasteiger partial charge in [-0.25, -0.2) is 13.1 Å². The minimum absolute atomic E-state index is 0.115. The zero-order chi connectivity index (χ0) is 20.2. The number of sulfonamides is 1. The van der Waals surface area contributed by atoms with Gasteiger partial charge in [-0.1, -0.05) is 26.7 Å². The summed E-state index contributed by atoms with van der Waals surface area (Å²) >= 11 is 0. The second-order valence-electron chi connectivity index (χ2n) is 9.00. The Balaban J connectivity index is 1.86. The minimum atomic E-state index is -3.23. The van der Waals surface area contributed by atoms with Crippen molar-refractivity contribution in [2.24, 2.45) is 17.8 Å². The molecule has 0 aromatic heterocycles. The summed E-state index contributed by atoms with van der Waals surface area (Å²) in [6.45, 7) is 12.0. The molecule has 0 aromatic carbocycles. The maximum atomic E-state index is 12.8. The van der Waals surface area contributed by atoms with Crippen LogP contribution in [-0.2, 0) is 14.8 Å². The molecular formula is C20H39N3O3S. The number of carbonyl (C=O) groups excluding carboxylic acids is 1. The Morgan fingerprint density at radius 2 is 1.81 bits per heavy atom. The molecule has 27 heavy (non-hydrogen) atoms. The van der Waals surface area contributed by atoms with Gasteiger partial charge in [-0.05, 0) is 64.3 Å². The highest BCUT2D eigenvalue weighted by Gasteiger charge is 2.32. The molecule has 5 unspecified atom stereocenters. The molecule has 1 saturated carbocycles. The van der Waals surface area contributed by atoms with Crippen LogP contribution in [0.15, 0.2) is 0 Å². The van der Waals surface area contributed by atoms with Crippen molar-refractivity contribution in [3.8, 4) is 0 Å². The number of carbonyl (C=O) groups is 1. The van der Waals surface area contributed by atoms with Crippen LogP contribution < -0.4 is 10.0 Å². The summed E-state index contributed by atoms with van der Waals surface area (Å²) in [4.78, 5) is 15.0. The molecule has 1 saturated heterocycles. The number of nitrogens with one attached hydrogen (secondary N) is 2. The second kappa shape index (κ2) is 9.70. The fourth-order valence-corrected chi connectivity index (χ4v) is 5.07. The average Bonchev–Trinajstić information content (AvgIpc) is 2.63. The van der Waals surface area contributed by atoms with E-state index in [1.165, 1.54) is 12.8 Å². The highest BCUT2D eigenvalue weighted by molar-refractivity contribution is 7.90. The smallest absolute Gasteiger partial charge is 0.237 e. The molecule has 1 heterocycles. The number of hydrogen-bond acceptors (Lipinski definition) is 4. The lowest BCUT2D eigenvalue weighted by Crippen LogP contribution is -2.54. The number of rotatable bonds is 7. The summed E-state index contributed by atoms with van der Waals surface area (Å²) in [6, 6.07) is 0.112. The number of amides is 1. The van der Waals surface area contributed by atoms with Crippen LogP contribution in [-0.4, -0.2) is 56.2 Å². The Hall–Kier alpha value is -0.660. The Labute approximate surface area is 165 Å². The van der Waals surface area contributed by atoms with Gasteiger partial charge in [0.25, 0.3) is 0 Å². The summed E-state index contributed by atoms with van der Waals surface area (Å²) in [7, 11) is -3.23. The lowest BCUT2D eigenvalue weighted by molar-refractivity contribution is -0.128. The van der Waals surface area contributed by atoms with Crippen molar-refractivity contribution in [2.45, 2.75) is 84.1 Å². The van der Waals surface area contributed by atoms with Gasteiger partial charge in [-0.3, -0.25) is 9.69 Å². The van der Waals surface area contributed by atoms with E-state index in [1.54, 1.807) is 13.8 Å². The van der Waals surface area contributed by atoms with E-state index in [4.69, 9.17) is 0 Å². The van der Waals surface area contributed by atoms with Gasteiger partial charge < -0.3 is 5.32 Å². The largest absolute Gasteiger partial charge is 0.352 e. The van der Waals surface area contributed by atoms with Crippen LogP contribution in [0.5, 0.6) is 0 Å². The van der Waals surface area contributed by atoms with Crippen molar-refractivity contribution in [3.05, 3.63) is 0 Å². The molecule has 0 spiro atoms. The zero-order valence-electron chi connectivity index (χ0n) is 17.7. The second-order valence-corrected chi connectivity index (χ2v) is 11.3. The third kappa shape index (κ3) is 6.16. The SMILES string of the molecule is CC1CCCC(NC(=O)C(C)N2CCCC(CNS(=O)(=O)C(C)C)C2)C1C. The molecule has 2 fully saturated rings. The first kappa shape index (κ1) is 22.6. The van der Waals surface area contributed by atoms with Crippen LogP contribution in [0.4, 0.5) is 0 Å². The van der Waals surface area contributed by atoms with Gasteiger partial charge in [0.05, 0.1) is 11.3 Å². The number of nitrogens with zero attached hydrogens (tertiary/aromatic N) is 1. The van der Waals surface area contributed by atoms with Gasteiger partial charge in [-0.15, -0.1) is 0 Å². The molecule has 2 rings (SSSR count). The van der Waals surface area contributed by atoms with Crippen molar-refractivity contribution in [3.63, 3.8) is 0 Å². The first-order valence-electron chi connectivity index (χ1n) is 10.6. The quantitative estimate of drug-likeness (QED) is 0.686. The fourth-order valence-electron chi connectivity index (χ4n) is 4.27. The highest BCUT2D eigenvalue weighted by atomic mass is 32.2. The van der Waals surface area contributed by atoms with Gasteiger partial charge in [-0.2, -0.15) is 0 Å². The number of hydrogen-bond donors (Lipinski definition) is 2. The van der Waals surface area contributed by atoms with E-state index >= 15 is 0 Å². The van der Waals surface area contributed by atoms with E-state index in [2.05, 4.69) is 28.8 Å². The van der Waals surface area contributed by atoms with E-state index in [9.17, 15) is 13.2 Å². The summed E-state index contributed by atoms with van der Waals surface area (Å²) in [5, 5.41) is 2.87. The Bertz CT molecular complexity index is 593. The summed E-state index contributed by atoms with van der Waals surface area (Å²) in [5.74, 6) is 1.56. The third-order valence-corrected chi connectivity index (χ3v) is 8.52. The summed E-state index contributed by atoms with van der Waals surface area (Å²) in [5.41, 5.74) is 0. The molecule has 1 amide bonds. The Morgan fingerprint density at radius 3 is 2.48 bits per heavy atom. The van der Waals surface area contributed by atoms with Gasteiger partial charge in [0.1, 0.15) is 0 Å². The topological polar surface area (TPSA) is 78.5 Å². The molecule has 2 N–H and O–H groups in total. The monoisotopic (exact) mass is 401 g/mol. The molecule has 6 nitrogen and oxygen atoms in total. The van der Waals surface area contributed by atoms with Crippen LogP contribution in [0.25, 0.3) is 0 Å². The maximum absolute atomic E-state index is 12.8. The predicted octanol–water partition coefficient (Wildman–Crippen LogP) is 2.36. The molecule has 2 aliphatic rings. The molecule has 7 heteroatoms. The lowest BCUT2D eigenvalue weighted by atomic mass is 9.78. The van der Waals surface area contributed by atoms with E-state index in [1.807, 2.05) is 6.92 Å². The maximum Gasteiger partial charge on any atom is 0.237 e. The fraction of sp³-hybridized carbons (Fsp3) is 0.950. The number of likely N-dealkylation sites (tertiary alicyclic amines) is 1. The molecular weight excluding hydrogens is 362 g/mol. The highest BCUT2D eigenvalue weighted by Crippen LogP contribution is 2.29.